The number of hydrogen-bond acceptors (Lipinski definition) is 3. The first-order valence-corrected chi connectivity index (χ1v) is 13.3. The third-order valence-corrected chi connectivity index (χ3v) is 8.02. The van der Waals surface area contributed by atoms with Gasteiger partial charge in [0.1, 0.15) is 11.0 Å². The normalized spacial score (nSPS) is 16.9. The molecule has 0 aliphatic carbocycles. The minimum absolute atomic E-state index is 0.116. The Labute approximate surface area is 230 Å². The highest BCUT2D eigenvalue weighted by Crippen LogP contribution is 2.50. The lowest BCUT2D eigenvalue weighted by Gasteiger charge is -2.39. The van der Waals surface area contributed by atoms with E-state index in [1.165, 1.54) is 6.07 Å². The number of likely N-dealkylation sites (tertiary alicyclic amines) is 1. The molecular weight excluding hydrogens is 534 g/mol. The molecule has 5 rings (SSSR count). The van der Waals surface area contributed by atoms with Crippen molar-refractivity contribution in [2.75, 3.05) is 31.1 Å². The molecule has 1 saturated heterocycles. The number of fused-ring (bicyclic) bond motifs is 2. The fraction of sp³-hybridized carbons (Fsp3) is 0.286. The van der Waals surface area contributed by atoms with Crippen LogP contribution < -0.4 is 10.2 Å². The molecule has 37 heavy (non-hydrogen) atoms. The Balaban J connectivity index is 1.28. The highest BCUT2D eigenvalue weighted by atomic mass is 35.5. The molecule has 0 atom stereocenters. The summed E-state index contributed by atoms with van der Waals surface area (Å²) < 4.78 is 14.6. The molecule has 2 aliphatic rings. The van der Waals surface area contributed by atoms with Gasteiger partial charge in [0.25, 0.3) is 0 Å². The minimum atomic E-state index is -0.457. The second-order valence-corrected chi connectivity index (χ2v) is 10.7. The summed E-state index contributed by atoms with van der Waals surface area (Å²) >= 11 is 18.5. The van der Waals surface area contributed by atoms with E-state index in [2.05, 4.69) is 27.4 Å². The third kappa shape index (κ3) is 5.63. The summed E-state index contributed by atoms with van der Waals surface area (Å²) in [5.74, 6) is -0.457. The number of urea groups is 1. The van der Waals surface area contributed by atoms with Crippen molar-refractivity contribution in [3.05, 3.63) is 98.5 Å². The van der Waals surface area contributed by atoms with Gasteiger partial charge in [-0.1, -0.05) is 59.1 Å². The number of anilines is 1. The van der Waals surface area contributed by atoms with E-state index in [-0.39, 0.29) is 16.5 Å². The van der Waals surface area contributed by atoms with E-state index in [4.69, 9.17) is 34.8 Å². The van der Waals surface area contributed by atoms with Crippen LogP contribution in [0.1, 0.15) is 29.5 Å². The van der Waals surface area contributed by atoms with Gasteiger partial charge in [0, 0.05) is 41.8 Å². The summed E-state index contributed by atoms with van der Waals surface area (Å²) in [6.07, 6.45) is 7.38. The molecule has 192 valence electrons. The molecule has 3 heterocycles. The first-order valence-electron chi connectivity index (χ1n) is 12.1. The van der Waals surface area contributed by atoms with E-state index in [0.717, 1.165) is 54.2 Å². The van der Waals surface area contributed by atoms with Crippen LogP contribution in [0.2, 0.25) is 15.2 Å². The average molecular weight is 560 g/mol. The summed E-state index contributed by atoms with van der Waals surface area (Å²) in [5.41, 5.74) is 2.97. The maximum absolute atomic E-state index is 14.6. The monoisotopic (exact) mass is 558 g/mol. The highest BCUT2D eigenvalue weighted by Gasteiger charge is 2.48. The molecule has 0 saturated carbocycles. The summed E-state index contributed by atoms with van der Waals surface area (Å²) in [6.45, 7) is 3.22. The number of carbonyl (C=O) groups excluding carboxylic acids is 1. The van der Waals surface area contributed by atoms with E-state index in [0.29, 0.717) is 23.9 Å². The van der Waals surface area contributed by atoms with Crippen LogP contribution in [0.5, 0.6) is 0 Å². The van der Waals surface area contributed by atoms with Crippen LogP contribution in [-0.4, -0.2) is 42.1 Å². The third-order valence-electron chi connectivity index (χ3n) is 7.19. The van der Waals surface area contributed by atoms with E-state index < -0.39 is 5.82 Å². The summed E-state index contributed by atoms with van der Waals surface area (Å²) in [7, 11) is 0. The van der Waals surface area contributed by atoms with Crippen LogP contribution in [0, 0.1) is 5.82 Å². The predicted octanol–water partition coefficient (Wildman–Crippen LogP) is 6.96. The van der Waals surface area contributed by atoms with Crippen molar-refractivity contribution in [1.29, 1.82) is 0 Å². The molecule has 1 aromatic heterocycles. The van der Waals surface area contributed by atoms with Gasteiger partial charge in [-0.2, -0.15) is 0 Å². The SMILES string of the molecule is O=C(NCc1ccnc(Cl)c1)N1CC2(CCN(CC=Cc3ccc(Cl)cc3)CC2)c2c1ccc(F)c2Cl. The van der Waals surface area contributed by atoms with Crippen LogP contribution in [-0.2, 0) is 12.0 Å². The van der Waals surface area contributed by atoms with Crippen molar-refractivity contribution in [3.63, 3.8) is 0 Å². The molecule has 1 N–H and O–H groups in total. The van der Waals surface area contributed by atoms with E-state index in [9.17, 15) is 9.18 Å². The molecule has 1 fully saturated rings. The Hall–Kier alpha value is -2.64. The van der Waals surface area contributed by atoms with Crippen LogP contribution in [0.15, 0.2) is 60.8 Å². The molecule has 9 heteroatoms. The smallest absolute Gasteiger partial charge is 0.322 e. The molecule has 2 amide bonds. The lowest BCUT2D eigenvalue weighted by Crippen LogP contribution is -2.47. The van der Waals surface area contributed by atoms with Crippen molar-refractivity contribution < 1.29 is 9.18 Å². The lowest BCUT2D eigenvalue weighted by molar-refractivity contribution is 0.180. The molecular formula is C28H26Cl3FN4O. The molecule has 2 aromatic carbocycles. The van der Waals surface area contributed by atoms with Crippen LogP contribution >= 0.6 is 34.8 Å². The van der Waals surface area contributed by atoms with Gasteiger partial charge >= 0.3 is 6.03 Å². The Kier molecular flexibility index (Phi) is 7.72. The van der Waals surface area contributed by atoms with Gasteiger partial charge in [-0.05, 0) is 73.5 Å². The number of benzene rings is 2. The molecule has 3 aromatic rings. The summed E-state index contributed by atoms with van der Waals surface area (Å²) in [5, 5.41) is 4.16. The molecule has 0 unspecified atom stereocenters. The quantitative estimate of drug-likeness (QED) is 0.344. The van der Waals surface area contributed by atoms with Crippen molar-refractivity contribution >= 4 is 52.6 Å². The maximum atomic E-state index is 14.6. The number of aromatic nitrogens is 1. The lowest BCUT2D eigenvalue weighted by atomic mass is 9.74. The number of halogens is 4. The van der Waals surface area contributed by atoms with Gasteiger partial charge in [0.15, 0.2) is 0 Å². The maximum Gasteiger partial charge on any atom is 0.322 e. The number of amides is 2. The van der Waals surface area contributed by atoms with Crippen LogP contribution in [0.4, 0.5) is 14.9 Å². The van der Waals surface area contributed by atoms with E-state index in [1.54, 1.807) is 29.3 Å². The number of rotatable bonds is 5. The second kappa shape index (κ2) is 11.0. The number of nitrogens with zero attached hydrogens (tertiary/aromatic N) is 3. The van der Waals surface area contributed by atoms with Crippen LogP contribution in [0.25, 0.3) is 6.08 Å². The number of piperidine rings is 1. The zero-order valence-electron chi connectivity index (χ0n) is 20.1. The van der Waals surface area contributed by atoms with E-state index >= 15 is 0 Å². The highest BCUT2D eigenvalue weighted by molar-refractivity contribution is 6.32. The fourth-order valence-electron chi connectivity index (χ4n) is 5.23. The summed E-state index contributed by atoms with van der Waals surface area (Å²) in [6, 6.07) is 14.0. The Morgan fingerprint density at radius 3 is 2.57 bits per heavy atom. The zero-order chi connectivity index (χ0) is 26.0. The first kappa shape index (κ1) is 26.0. The van der Waals surface area contributed by atoms with Gasteiger partial charge in [0.2, 0.25) is 0 Å². The number of carbonyl (C=O) groups is 1. The minimum Gasteiger partial charge on any atom is -0.334 e. The van der Waals surface area contributed by atoms with Crippen molar-refractivity contribution in [3.8, 4) is 0 Å². The van der Waals surface area contributed by atoms with Crippen molar-refractivity contribution in [2.24, 2.45) is 0 Å². The number of hydrogen-bond donors (Lipinski definition) is 1. The molecule has 0 bridgehead atoms. The zero-order valence-corrected chi connectivity index (χ0v) is 22.3. The summed E-state index contributed by atoms with van der Waals surface area (Å²) in [4.78, 5) is 21.3. The Bertz CT molecular complexity index is 1320. The Morgan fingerprint density at radius 1 is 1.08 bits per heavy atom. The predicted molar refractivity (Wildman–Crippen MR) is 148 cm³/mol. The van der Waals surface area contributed by atoms with E-state index in [1.807, 2.05) is 24.3 Å². The van der Waals surface area contributed by atoms with Gasteiger partial charge in [-0.25, -0.2) is 14.2 Å². The molecule has 2 aliphatic heterocycles. The van der Waals surface area contributed by atoms with Gasteiger partial charge in [-0.15, -0.1) is 0 Å². The average Bonchev–Trinajstić information content (AvgIpc) is 3.21. The Morgan fingerprint density at radius 2 is 1.84 bits per heavy atom. The molecule has 1 spiro atoms. The van der Waals surface area contributed by atoms with Gasteiger partial charge < -0.3 is 5.32 Å². The second-order valence-electron chi connectivity index (χ2n) is 9.52. The van der Waals surface area contributed by atoms with Crippen molar-refractivity contribution in [1.82, 2.24) is 15.2 Å². The van der Waals surface area contributed by atoms with Crippen molar-refractivity contribution in [2.45, 2.75) is 24.8 Å². The standard InChI is InChI=1S/C28H26Cl3FN4O/c29-21-5-3-19(4-6-21)2-1-13-35-14-10-28(11-15-35)18-36(23-8-7-22(32)26(31)25(23)28)27(37)34-17-20-9-12-33-24(30)16-20/h1-9,12,16H,10-11,13-15,17-18H2,(H,34,37). The number of pyridine rings is 1. The van der Waals surface area contributed by atoms with Crippen LogP contribution in [0.3, 0.4) is 0 Å². The van der Waals surface area contributed by atoms with Gasteiger partial charge in [0.05, 0.1) is 10.7 Å². The largest absolute Gasteiger partial charge is 0.334 e. The molecule has 5 nitrogen and oxygen atoms in total. The number of nitrogens with one attached hydrogen (secondary N) is 1. The fourth-order valence-corrected chi connectivity index (χ4v) is 5.91. The van der Waals surface area contributed by atoms with Gasteiger partial charge in [-0.3, -0.25) is 9.80 Å². The first-order chi connectivity index (χ1) is 17.8. The molecule has 0 radical (unpaired) electrons. The topological polar surface area (TPSA) is 48.5 Å².